The van der Waals surface area contributed by atoms with Gasteiger partial charge in [-0.15, -0.1) is 0 Å². The Labute approximate surface area is 140 Å². The molecule has 1 aromatic heterocycles. The van der Waals surface area contributed by atoms with Gasteiger partial charge >= 0.3 is 6.18 Å². The highest BCUT2D eigenvalue weighted by molar-refractivity contribution is 6.33. The van der Waals surface area contributed by atoms with Gasteiger partial charge in [-0.1, -0.05) is 23.2 Å². The second-order valence-corrected chi connectivity index (χ2v) is 5.66. The maximum atomic E-state index is 13.1. The fraction of sp³-hybridized carbons (Fsp3) is 0.200. The molecule has 0 aliphatic rings. The van der Waals surface area contributed by atoms with Gasteiger partial charge < -0.3 is 5.32 Å². The first kappa shape index (κ1) is 17.6. The fourth-order valence-electron chi connectivity index (χ4n) is 2.01. The van der Waals surface area contributed by atoms with Gasteiger partial charge in [0.05, 0.1) is 11.6 Å². The van der Waals surface area contributed by atoms with Crippen molar-refractivity contribution >= 4 is 35.3 Å². The molecule has 23 heavy (non-hydrogen) atoms. The Morgan fingerprint density at radius 1 is 1.26 bits per heavy atom. The van der Waals surface area contributed by atoms with Crippen LogP contribution >= 0.6 is 23.2 Å². The minimum absolute atomic E-state index is 0.156. The Kier molecular flexibility index (Phi) is 5.16. The van der Waals surface area contributed by atoms with E-state index in [1.807, 2.05) is 0 Å². The molecule has 1 atom stereocenters. The van der Waals surface area contributed by atoms with Gasteiger partial charge in [0.15, 0.2) is 6.29 Å². The van der Waals surface area contributed by atoms with Crippen molar-refractivity contribution in [1.29, 1.82) is 0 Å². The molecule has 1 heterocycles. The Morgan fingerprint density at radius 2 is 1.96 bits per heavy atom. The van der Waals surface area contributed by atoms with Crippen molar-refractivity contribution in [3.05, 3.63) is 57.2 Å². The number of aldehydes is 1. The van der Waals surface area contributed by atoms with Crippen LogP contribution in [-0.4, -0.2) is 11.3 Å². The molecule has 1 aromatic carbocycles. The summed E-state index contributed by atoms with van der Waals surface area (Å²) in [5, 5.41) is 3.45. The maximum absolute atomic E-state index is 13.1. The monoisotopic (exact) mass is 362 g/mol. The van der Waals surface area contributed by atoms with Gasteiger partial charge in [0.25, 0.3) is 0 Å². The standard InChI is InChI=1S/C15H11Cl2F3N2O/c1-8(11-5-10(16)2-3-13(11)17)22-14-12(15(18,19)20)4-9(7-23)6-21-14/h2-8H,1H3,(H,21,22)/t8-/m0/s1. The minimum atomic E-state index is -4.65. The molecule has 0 amide bonds. The highest BCUT2D eigenvalue weighted by atomic mass is 35.5. The average molecular weight is 363 g/mol. The fourth-order valence-corrected chi connectivity index (χ4v) is 2.47. The topological polar surface area (TPSA) is 42.0 Å². The summed E-state index contributed by atoms with van der Waals surface area (Å²) in [5.74, 6) is -0.383. The Balaban J connectivity index is 2.39. The molecule has 1 N–H and O–H groups in total. The van der Waals surface area contributed by atoms with Gasteiger partial charge in [-0.25, -0.2) is 4.98 Å². The third-order valence-electron chi connectivity index (χ3n) is 3.13. The maximum Gasteiger partial charge on any atom is 0.419 e. The summed E-state index contributed by atoms with van der Waals surface area (Å²) in [6, 6.07) is 4.88. The third-order valence-corrected chi connectivity index (χ3v) is 3.71. The molecular weight excluding hydrogens is 352 g/mol. The molecule has 0 fully saturated rings. The number of pyridine rings is 1. The number of benzene rings is 1. The van der Waals surface area contributed by atoms with Crippen LogP contribution in [0.5, 0.6) is 0 Å². The zero-order valence-electron chi connectivity index (χ0n) is 11.8. The van der Waals surface area contributed by atoms with Crippen LogP contribution in [0.1, 0.15) is 34.5 Å². The summed E-state index contributed by atoms with van der Waals surface area (Å²) in [6.45, 7) is 1.63. The van der Waals surface area contributed by atoms with Crippen LogP contribution in [0.2, 0.25) is 10.0 Å². The Bertz CT molecular complexity index is 735. The first-order chi connectivity index (χ1) is 10.7. The number of anilines is 1. The summed E-state index contributed by atoms with van der Waals surface area (Å²) in [6.07, 6.45) is -3.27. The molecule has 0 radical (unpaired) electrons. The molecule has 0 spiro atoms. The number of nitrogens with one attached hydrogen (secondary N) is 1. The highest BCUT2D eigenvalue weighted by Gasteiger charge is 2.35. The van der Waals surface area contributed by atoms with E-state index < -0.39 is 17.8 Å². The number of hydrogen-bond acceptors (Lipinski definition) is 3. The van der Waals surface area contributed by atoms with Crippen molar-refractivity contribution in [2.24, 2.45) is 0 Å². The molecule has 3 nitrogen and oxygen atoms in total. The molecule has 0 saturated heterocycles. The lowest BCUT2D eigenvalue weighted by Gasteiger charge is -2.20. The van der Waals surface area contributed by atoms with Gasteiger partial charge in [0, 0.05) is 21.8 Å². The van der Waals surface area contributed by atoms with Crippen LogP contribution < -0.4 is 5.32 Å². The number of carbonyl (C=O) groups is 1. The molecule has 0 saturated carbocycles. The lowest BCUT2D eigenvalue weighted by atomic mass is 10.1. The molecule has 122 valence electrons. The molecule has 8 heteroatoms. The van der Waals surface area contributed by atoms with E-state index in [1.165, 1.54) is 0 Å². The SMILES string of the molecule is C[C@H](Nc1ncc(C=O)cc1C(F)(F)F)c1cc(Cl)ccc1Cl. The number of aromatic nitrogens is 1. The third kappa shape index (κ3) is 4.14. The van der Waals surface area contributed by atoms with Gasteiger partial charge in [-0.3, -0.25) is 4.79 Å². The van der Waals surface area contributed by atoms with E-state index in [0.717, 1.165) is 12.3 Å². The number of carbonyl (C=O) groups excluding carboxylic acids is 1. The number of rotatable bonds is 4. The second-order valence-electron chi connectivity index (χ2n) is 4.81. The summed E-state index contributed by atoms with van der Waals surface area (Å²) in [5.41, 5.74) is -0.642. The summed E-state index contributed by atoms with van der Waals surface area (Å²) in [7, 11) is 0. The molecule has 0 aliphatic heterocycles. The minimum Gasteiger partial charge on any atom is -0.363 e. The number of halogens is 5. The predicted octanol–water partition coefficient (Wildman–Crippen LogP) is 5.39. The summed E-state index contributed by atoms with van der Waals surface area (Å²) < 4.78 is 39.4. The van der Waals surface area contributed by atoms with Crippen LogP contribution in [0.3, 0.4) is 0 Å². The van der Waals surface area contributed by atoms with Gasteiger partial charge in [-0.05, 0) is 36.8 Å². The largest absolute Gasteiger partial charge is 0.419 e. The quantitative estimate of drug-likeness (QED) is 0.741. The van der Waals surface area contributed by atoms with Gasteiger partial charge in [-0.2, -0.15) is 13.2 Å². The van der Waals surface area contributed by atoms with Crippen molar-refractivity contribution in [3.63, 3.8) is 0 Å². The number of nitrogens with zero attached hydrogens (tertiary/aromatic N) is 1. The van der Waals surface area contributed by atoms with E-state index in [1.54, 1.807) is 25.1 Å². The number of hydrogen-bond donors (Lipinski definition) is 1. The molecule has 0 aliphatic carbocycles. The first-order valence-electron chi connectivity index (χ1n) is 6.46. The van der Waals surface area contributed by atoms with E-state index in [0.29, 0.717) is 21.9 Å². The Hall–Kier alpha value is -1.79. The van der Waals surface area contributed by atoms with Crippen LogP contribution in [0.25, 0.3) is 0 Å². The number of alkyl halides is 3. The van der Waals surface area contributed by atoms with E-state index >= 15 is 0 Å². The van der Waals surface area contributed by atoms with Crippen LogP contribution in [0, 0.1) is 0 Å². The molecular formula is C15H11Cl2F3N2O. The molecule has 0 bridgehead atoms. The first-order valence-corrected chi connectivity index (χ1v) is 7.22. The predicted molar refractivity (Wildman–Crippen MR) is 83.1 cm³/mol. The van der Waals surface area contributed by atoms with Crippen molar-refractivity contribution in [1.82, 2.24) is 4.98 Å². The second kappa shape index (κ2) is 6.76. The van der Waals surface area contributed by atoms with Crippen LogP contribution in [0.15, 0.2) is 30.5 Å². The van der Waals surface area contributed by atoms with Crippen LogP contribution in [0.4, 0.5) is 19.0 Å². The summed E-state index contributed by atoms with van der Waals surface area (Å²) >= 11 is 11.9. The average Bonchev–Trinajstić information content (AvgIpc) is 2.49. The molecule has 0 unspecified atom stereocenters. The smallest absolute Gasteiger partial charge is 0.363 e. The zero-order chi connectivity index (χ0) is 17.2. The summed E-state index contributed by atoms with van der Waals surface area (Å²) in [4.78, 5) is 14.4. The zero-order valence-corrected chi connectivity index (χ0v) is 13.3. The van der Waals surface area contributed by atoms with Crippen molar-refractivity contribution < 1.29 is 18.0 Å². The van der Waals surface area contributed by atoms with Crippen molar-refractivity contribution in [3.8, 4) is 0 Å². The lowest BCUT2D eigenvalue weighted by molar-refractivity contribution is -0.137. The van der Waals surface area contributed by atoms with Gasteiger partial charge in [0.2, 0.25) is 0 Å². The highest BCUT2D eigenvalue weighted by Crippen LogP contribution is 2.36. The molecule has 2 rings (SSSR count). The van der Waals surface area contributed by atoms with E-state index in [-0.39, 0.29) is 11.4 Å². The van der Waals surface area contributed by atoms with Crippen molar-refractivity contribution in [2.45, 2.75) is 19.1 Å². The van der Waals surface area contributed by atoms with Gasteiger partial charge in [0.1, 0.15) is 5.82 Å². The van der Waals surface area contributed by atoms with Crippen molar-refractivity contribution in [2.75, 3.05) is 5.32 Å². The van der Waals surface area contributed by atoms with E-state index in [9.17, 15) is 18.0 Å². The van der Waals surface area contributed by atoms with E-state index in [4.69, 9.17) is 23.2 Å². The molecule has 2 aromatic rings. The van der Waals surface area contributed by atoms with Crippen LogP contribution in [-0.2, 0) is 6.18 Å². The Morgan fingerprint density at radius 3 is 2.57 bits per heavy atom. The lowest BCUT2D eigenvalue weighted by Crippen LogP contribution is -2.15. The van der Waals surface area contributed by atoms with E-state index in [2.05, 4.69) is 10.3 Å². The normalized spacial score (nSPS) is 12.8.